The van der Waals surface area contributed by atoms with Crippen LogP contribution in [0.25, 0.3) is 0 Å². The zero-order chi connectivity index (χ0) is 14.6. The highest BCUT2D eigenvalue weighted by Gasteiger charge is 2.33. The fourth-order valence-electron chi connectivity index (χ4n) is 2.43. The summed E-state index contributed by atoms with van der Waals surface area (Å²) in [5, 5.41) is 13.4. The number of nitrogens with one attached hydrogen (secondary N) is 1. The lowest BCUT2D eigenvalue weighted by atomic mass is 9.80. The summed E-state index contributed by atoms with van der Waals surface area (Å²) in [6.45, 7) is 1.17. The first-order valence-electron chi connectivity index (χ1n) is 6.84. The summed E-state index contributed by atoms with van der Waals surface area (Å²) in [4.78, 5) is 0. The topological polar surface area (TPSA) is 60.0 Å². The summed E-state index contributed by atoms with van der Waals surface area (Å²) in [7, 11) is 4.85. The molecule has 0 radical (unpaired) electrons. The van der Waals surface area contributed by atoms with E-state index in [1.54, 1.807) is 21.3 Å². The molecule has 0 amide bonds. The Bertz CT molecular complexity index is 432. The maximum atomic E-state index is 10.1. The zero-order valence-electron chi connectivity index (χ0n) is 12.4. The van der Waals surface area contributed by atoms with Crippen LogP contribution in [0.2, 0.25) is 0 Å². The lowest BCUT2D eigenvalue weighted by molar-refractivity contribution is -0.0315. The van der Waals surface area contributed by atoms with Gasteiger partial charge in [0.1, 0.15) is 17.2 Å². The Morgan fingerprint density at radius 3 is 2.10 bits per heavy atom. The molecule has 2 N–H and O–H groups in total. The molecule has 0 saturated heterocycles. The first-order valence-corrected chi connectivity index (χ1v) is 6.84. The Kier molecular flexibility index (Phi) is 4.73. The summed E-state index contributed by atoms with van der Waals surface area (Å²) in [5.74, 6) is 2.13. The fourth-order valence-corrected chi connectivity index (χ4v) is 2.43. The maximum Gasteiger partial charge on any atom is 0.130 e. The van der Waals surface area contributed by atoms with E-state index in [0.717, 1.165) is 24.8 Å². The number of aliphatic hydroxyl groups is 1. The van der Waals surface area contributed by atoms with Crippen molar-refractivity contribution in [1.29, 1.82) is 0 Å². The van der Waals surface area contributed by atoms with Gasteiger partial charge in [0, 0.05) is 25.2 Å². The minimum atomic E-state index is -0.535. The molecule has 0 aromatic heterocycles. The molecule has 1 aliphatic carbocycles. The highest BCUT2D eigenvalue weighted by molar-refractivity contribution is 5.50. The van der Waals surface area contributed by atoms with Crippen LogP contribution in [0.4, 0.5) is 0 Å². The third kappa shape index (κ3) is 3.16. The molecule has 1 fully saturated rings. The number of ether oxygens (including phenoxy) is 3. The van der Waals surface area contributed by atoms with Crippen molar-refractivity contribution < 1.29 is 19.3 Å². The summed E-state index contributed by atoms with van der Waals surface area (Å²) in [6, 6.07) is 3.66. The number of benzene rings is 1. The van der Waals surface area contributed by atoms with Crippen molar-refractivity contribution in [1.82, 2.24) is 5.32 Å². The molecule has 0 bridgehead atoms. The SMILES string of the molecule is COc1cc(OC)c(CNCC2(O)CCC2)c(OC)c1. The number of rotatable bonds is 7. The fraction of sp³-hybridized carbons (Fsp3) is 0.600. The van der Waals surface area contributed by atoms with Crippen molar-refractivity contribution in [3.8, 4) is 17.2 Å². The van der Waals surface area contributed by atoms with Gasteiger partial charge >= 0.3 is 0 Å². The van der Waals surface area contributed by atoms with E-state index in [2.05, 4.69) is 5.32 Å². The molecule has 1 aliphatic rings. The maximum absolute atomic E-state index is 10.1. The lowest BCUT2D eigenvalue weighted by Gasteiger charge is -2.36. The van der Waals surface area contributed by atoms with Crippen LogP contribution in [0, 0.1) is 0 Å². The van der Waals surface area contributed by atoms with Crippen LogP contribution in [0.5, 0.6) is 17.2 Å². The van der Waals surface area contributed by atoms with Crippen LogP contribution in [0.3, 0.4) is 0 Å². The van der Waals surface area contributed by atoms with Crippen molar-refractivity contribution >= 4 is 0 Å². The molecular formula is C15H23NO4. The zero-order valence-corrected chi connectivity index (χ0v) is 12.4. The van der Waals surface area contributed by atoms with Crippen LogP contribution in [-0.4, -0.2) is 38.6 Å². The van der Waals surface area contributed by atoms with E-state index in [0.29, 0.717) is 30.3 Å². The van der Waals surface area contributed by atoms with E-state index < -0.39 is 5.60 Å². The van der Waals surface area contributed by atoms with Crippen molar-refractivity contribution in [2.45, 2.75) is 31.4 Å². The van der Waals surface area contributed by atoms with Crippen LogP contribution >= 0.6 is 0 Å². The van der Waals surface area contributed by atoms with Gasteiger partial charge in [-0.05, 0) is 19.3 Å². The summed E-state index contributed by atoms with van der Waals surface area (Å²) in [6.07, 6.45) is 2.85. The summed E-state index contributed by atoms with van der Waals surface area (Å²) >= 11 is 0. The molecule has 0 heterocycles. The highest BCUT2D eigenvalue weighted by atomic mass is 16.5. The van der Waals surface area contributed by atoms with Gasteiger partial charge in [-0.25, -0.2) is 0 Å². The van der Waals surface area contributed by atoms with Crippen molar-refractivity contribution in [3.05, 3.63) is 17.7 Å². The van der Waals surface area contributed by atoms with E-state index in [1.807, 2.05) is 12.1 Å². The second-order valence-electron chi connectivity index (χ2n) is 5.19. The highest BCUT2D eigenvalue weighted by Crippen LogP contribution is 2.34. The van der Waals surface area contributed by atoms with Gasteiger partial charge < -0.3 is 24.6 Å². The Balaban J connectivity index is 2.08. The monoisotopic (exact) mass is 281 g/mol. The normalized spacial score (nSPS) is 16.4. The molecule has 1 aromatic rings. The molecule has 0 unspecified atom stereocenters. The van der Waals surface area contributed by atoms with E-state index in [1.165, 1.54) is 0 Å². The van der Waals surface area contributed by atoms with Gasteiger partial charge in [0.2, 0.25) is 0 Å². The van der Waals surface area contributed by atoms with Gasteiger partial charge in [0.15, 0.2) is 0 Å². The lowest BCUT2D eigenvalue weighted by Crippen LogP contribution is -2.46. The molecule has 112 valence electrons. The largest absolute Gasteiger partial charge is 0.496 e. The molecule has 0 atom stereocenters. The molecular weight excluding hydrogens is 258 g/mol. The average molecular weight is 281 g/mol. The van der Waals surface area contributed by atoms with E-state index in [4.69, 9.17) is 14.2 Å². The van der Waals surface area contributed by atoms with E-state index in [9.17, 15) is 5.11 Å². The standard InChI is InChI=1S/C15H23NO4/c1-18-11-7-13(19-2)12(14(8-11)20-3)9-16-10-15(17)5-4-6-15/h7-8,16-17H,4-6,9-10H2,1-3H3. The molecule has 20 heavy (non-hydrogen) atoms. The molecule has 5 heteroatoms. The molecule has 5 nitrogen and oxygen atoms in total. The van der Waals surface area contributed by atoms with Gasteiger partial charge in [-0.1, -0.05) is 0 Å². The van der Waals surface area contributed by atoms with Crippen molar-refractivity contribution in [2.75, 3.05) is 27.9 Å². The molecule has 1 saturated carbocycles. The number of hydrogen-bond acceptors (Lipinski definition) is 5. The molecule has 0 aliphatic heterocycles. The average Bonchev–Trinajstić information content (AvgIpc) is 2.45. The minimum Gasteiger partial charge on any atom is -0.496 e. The number of methoxy groups -OCH3 is 3. The first-order chi connectivity index (χ1) is 9.61. The van der Waals surface area contributed by atoms with Gasteiger partial charge in [-0.3, -0.25) is 0 Å². The summed E-state index contributed by atoms with van der Waals surface area (Å²) < 4.78 is 16.0. The number of hydrogen-bond donors (Lipinski definition) is 2. The first kappa shape index (κ1) is 14.9. The third-order valence-electron chi connectivity index (χ3n) is 3.86. The molecule has 0 spiro atoms. The molecule has 2 rings (SSSR count). The van der Waals surface area contributed by atoms with E-state index in [-0.39, 0.29) is 0 Å². The van der Waals surface area contributed by atoms with Crippen LogP contribution < -0.4 is 19.5 Å². The third-order valence-corrected chi connectivity index (χ3v) is 3.86. The van der Waals surface area contributed by atoms with Crippen LogP contribution in [0.1, 0.15) is 24.8 Å². The van der Waals surface area contributed by atoms with Crippen molar-refractivity contribution in [2.24, 2.45) is 0 Å². The minimum absolute atomic E-state index is 0.535. The predicted molar refractivity (Wildman–Crippen MR) is 76.6 cm³/mol. The van der Waals surface area contributed by atoms with Gasteiger partial charge in [0.05, 0.1) is 32.5 Å². The van der Waals surface area contributed by atoms with E-state index >= 15 is 0 Å². The van der Waals surface area contributed by atoms with Gasteiger partial charge in [-0.2, -0.15) is 0 Å². The smallest absolute Gasteiger partial charge is 0.130 e. The van der Waals surface area contributed by atoms with Gasteiger partial charge in [-0.15, -0.1) is 0 Å². The Morgan fingerprint density at radius 2 is 1.70 bits per heavy atom. The predicted octanol–water partition coefficient (Wildman–Crippen LogP) is 1.72. The quantitative estimate of drug-likeness (QED) is 0.797. The summed E-state index contributed by atoms with van der Waals surface area (Å²) in [5.41, 5.74) is 0.395. The molecule has 1 aromatic carbocycles. The van der Waals surface area contributed by atoms with Gasteiger partial charge in [0.25, 0.3) is 0 Å². The Morgan fingerprint density at radius 1 is 1.10 bits per heavy atom. The second-order valence-corrected chi connectivity index (χ2v) is 5.19. The van der Waals surface area contributed by atoms with Crippen molar-refractivity contribution in [3.63, 3.8) is 0 Å². The van der Waals surface area contributed by atoms with Crippen LogP contribution in [-0.2, 0) is 6.54 Å². The Labute approximate surface area is 119 Å². The second kappa shape index (κ2) is 6.33. The Hall–Kier alpha value is -1.46. The van der Waals surface area contributed by atoms with Crippen LogP contribution in [0.15, 0.2) is 12.1 Å².